The molecule has 26 heavy (non-hydrogen) atoms. The lowest BCUT2D eigenvalue weighted by Gasteiger charge is -2.32. The molecule has 1 amide bonds. The molecule has 2 fully saturated rings. The Hall–Kier alpha value is -1.59. The van der Waals surface area contributed by atoms with Gasteiger partial charge in [0.25, 0.3) is 5.91 Å². The fourth-order valence-corrected chi connectivity index (χ4v) is 4.58. The van der Waals surface area contributed by atoms with Crippen molar-refractivity contribution in [1.29, 1.82) is 0 Å². The van der Waals surface area contributed by atoms with E-state index in [1.807, 2.05) is 0 Å². The predicted molar refractivity (Wildman–Crippen MR) is 103 cm³/mol. The molecule has 0 spiro atoms. The van der Waals surface area contributed by atoms with Crippen molar-refractivity contribution >= 4 is 11.6 Å². The second-order valence-electron chi connectivity index (χ2n) is 7.88. The maximum atomic E-state index is 12.5. The summed E-state index contributed by atoms with van der Waals surface area (Å²) >= 11 is 0. The van der Waals surface area contributed by atoms with Gasteiger partial charge in [-0.25, -0.2) is 0 Å². The summed E-state index contributed by atoms with van der Waals surface area (Å²) in [5, 5.41) is 3.18. The van der Waals surface area contributed by atoms with Crippen molar-refractivity contribution in [3.05, 3.63) is 29.3 Å². The molecular weight excluding hydrogens is 326 g/mol. The van der Waals surface area contributed by atoms with E-state index in [1.54, 1.807) is 0 Å². The smallest absolute Gasteiger partial charge is 0.250 e. The van der Waals surface area contributed by atoms with Crippen LogP contribution >= 0.6 is 0 Å². The van der Waals surface area contributed by atoms with Crippen LogP contribution < -0.4 is 10.2 Å². The Morgan fingerprint density at radius 2 is 2.12 bits per heavy atom. The largest absolute Gasteiger partial charge is 0.371 e. The van der Waals surface area contributed by atoms with E-state index in [9.17, 15) is 4.79 Å². The Bertz CT molecular complexity index is 642. The number of likely N-dealkylation sites (N-methyl/N-ethyl adjacent to an activating group) is 1. The van der Waals surface area contributed by atoms with Crippen LogP contribution in [0.4, 0.5) is 5.69 Å². The molecule has 1 N–H and O–H groups in total. The third-order valence-electron chi connectivity index (χ3n) is 6.07. The molecule has 1 aromatic carbocycles. The molecule has 0 bridgehead atoms. The third-order valence-corrected chi connectivity index (χ3v) is 6.07. The Balaban J connectivity index is 1.34. The summed E-state index contributed by atoms with van der Waals surface area (Å²) in [6.07, 6.45) is 5.52. The summed E-state index contributed by atoms with van der Waals surface area (Å²) in [6.45, 7) is 7.55. The molecule has 142 valence electrons. The normalized spacial score (nSPS) is 24.0. The average molecular weight is 357 g/mol. The van der Waals surface area contributed by atoms with Crippen LogP contribution in [0.2, 0.25) is 0 Å². The fraction of sp³-hybridized carbons (Fsp3) is 0.667. The van der Waals surface area contributed by atoms with E-state index in [0.717, 1.165) is 45.4 Å². The molecule has 5 nitrogen and oxygen atoms in total. The molecule has 4 rings (SSSR count). The SMILES string of the molecule is CCN1CCc2cc(CN3CCOC(C(=O)NC4CCCC4)C3)ccc21. The van der Waals surface area contributed by atoms with E-state index < -0.39 is 0 Å². The number of fused-ring (bicyclic) bond motifs is 1. The number of ether oxygens (including phenoxy) is 1. The number of benzene rings is 1. The maximum absolute atomic E-state index is 12.5. The molecule has 1 unspecified atom stereocenters. The minimum Gasteiger partial charge on any atom is -0.371 e. The van der Waals surface area contributed by atoms with Gasteiger partial charge in [0.15, 0.2) is 0 Å². The molecule has 2 heterocycles. The lowest BCUT2D eigenvalue weighted by molar-refractivity contribution is -0.139. The molecule has 1 saturated carbocycles. The number of hydrogen-bond acceptors (Lipinski definition) is 4. The van der Waals surface area contributed by atoms with Crippen LogP contribution in [0, 0.1) is 0 Å². The highest BCUT2D eigenvalue weighted by molar-refractivity contribution is 5.81. The zero-order chi connectivity index (χ0) is 17.9. The topological polar surface area (TPSA) is 44.8 Å². The van der Waals surface area contributed by atoms with Gasteiger partial charge < -0.3 is 15.0 Å². The summed E-state index contributed by atoms with van der Waals surface area (Å²) in [6, 6.07) is 7.23. The molecular formula is C21H31N3O2. The number of morpholine rings is 1. The number of amides is 1. The zero-order valence-corrected chi connectivity index (χ0v) is 15.9. The van der Waals surface area contributed by atoms with Crippen LogP contribution in [-0.4, -0.2) is 55.7 Å². The number of anilines is 1. The number of carbonyl (C=O) groups is 1. The van der Waals surface area contributed by atoms with Crippen molar-refractivity contribution < 1.29 is 9.53 Å². The number of hydrogen-bond donors (Lipinski definition) is 1. The van der Waals surface area contributed by atoms with Crippen molar-refractivity contribution in [1.82, 2.24) is 10.2 Å². The first-order valence-electron chi connectivity index (χ1n) is 10.2. The predicted octanol–water partition coefficient (Wildman–Crippen LogP) is 2.33. The fourth-order valence-electron chi connectivity index (χ4n) is 4.58. The summed E-state index contributed by atoms with van der Waals surface area (Å²) in [5.41, 5.74) is 4.21. The van der Waals surface area contributed by atoms with Gasteiger partial charge in [-0.2, -0.15) is 0 Å². The van der Waals surface area contributed by atoms with E-state index in [2.05, 4.69) is 40.2 Å². The van der Waals surface area contributed by atoms with Gasteiger partial charge in [0.1, 0.15) is 6.10 Å². The average Bonchev–Trinajstić information content (AvgIpc) is 3.31. The first-order valence-corrected chi connectivity index (χ1v) is 10.2. The molecule has 2 aliphatic heterocycles. The van der Waals surface area contributed by atoms with Crippen molar-refractivity contribution in [3.8, 4) is 0 Å². The van der Waals surface area contributed by atoms with Gasteiger partial charge >= 0.3 is 0 Å². The lowest BCUT2D eigenvalue weighted by Crippen LogP contribution is -2.51. The van der Waals surface area contributed by atoms with Crippen LogP contribution in [0.1, 0.15) is 43.7 Å². The standard InChI is InChI=1S/C21H31N3O2/c1-2-24-10-9-17-13-16(7-8-19(17)24)14-23-11-12-26-20(15-23)21(25)22-18-5-3-4-6-18/h7-8,13,18,20H,2-6,9-12,14-15H2,1H3,(H,22,25). The molecule has 0 radical (unpaired) electrons. The molecule has 3 aliphatic rings. The van der Waals surface area contributed by atoms with E-state index in [-0.39, 0.29) is 12.0 Å². The molecule has 1 saturated heterocycles. The zero-order valence-electron chi connectivity index (χ0n) is 15.9. The molecule has 1 aromatic rings. The summed E-state index contributed by atoms with van der Waals surface area (Å²) in [5.74, 6) is 0.0779. The van der Waals surface area contributed by atoms with Crippen LogP contribution in [0.5, 0.6) is 0 Å². The summed E-state index contributed by atoms with van der Waals surface area (Å²) < 4.78 is 5.76. The molecule has 1 aliphatic carbocycles. The van der Waals surface area contributed by atoms with E-state index in [4.69, 9.17) is 4.74 Å². The lowest BCUT2D eigenvalue weighted by atomic mass is 10.1. The van der Waals surface area contributed by atoms with Gasteiger partial charge in [-0.1, -0.05) is 25.0 Å². The van der Waals surface area contributed by atoms with Crippen molar-refractivity contribution in [2.75, 3.05) is 37.7 Å². The minimum atomic E-state index is -0.325. The first-order chi connectivity index (χ1) is 12.7. The number of rotatable bonds is 5. The van der Waals surface area contributed by atoms with Gasteiger partial charge in [-0.15, -0.1) is 0 Å². The summed E-state index contributed by atoms with van der Waals surface area (Å²) in [7, 11) is 0. The highest BCUT2D eigenvalue weighted by atomic mass is 16.5. The Morgan fingerprint density at radius 3 is 2.92 bits per heavy atom. The highest BCUT2D eigenvalue weighted by Crippen LogP contribution is 2.29. The van der Waals surface area contributed by atoms with E-state index >= 15 is 0 Å². The highest BCUT2D eigenvalue weighted by Gasteiger charge is 2.29. The summed E-state index contributed by atoms with van der Waals surface area (Å²) in [4.78, 5) is 17.3. The molecule has 1 atom stereocenters. The molecule has 0 aromatic heterocycles. The van der Waals surface area contributed by atoms with Gasteiger partial charge in [0.2, 0.25) is 0 Å². The van der Waals surface area contributed by atoms with Gasteiger partial charge in [0.05, 0.1) is 6.61 Å². The Morgan fingerprint density at radius 1 is 1.27 bits per heavy atom. The van der Waals surface area contributed by atoms with Crippen LogP contribution in [0.3, 0.4) is 0 Å². The maximum Gasteiger partial charge on any atom is 0.250 e. The monoisotopic (exact) mass is 357 g/mol. The van der Waals surface area contributed by atoms with E-state index in [0.29, 0.717) is 19.2 Å². The van der Waals surface area contributed by atoms with Crippen LogP contribution in [0.15, 0.2) is 18.2 Å². The van der Waals surface area contributed by atoms with Crippen molar-refractivity contribution in [2.24, 2.45) is 0 Å². The minimum absolute atomic E-state index is 0.0779. The van der Waals surface area contributed by atoms with Crippen LogP contribution in [0.25, 0.3) is 0 Å². The number of nitrogens with one attached hydrogen (secondary N) is 1. The van der Waals surface area contributed by atoms with Gasteiger partial charge in [0, 0.05) is 44.5 Å². The van der Waals surface area contributed by atoms with Crippen LogP contribution in [-0.2, 0) is 22.5 Å². The van der Waals surface area contributed by atoms with E-state index in [1.165, 1.54) is 29.7 Å². The van der Waals surface area contributed by atoms with Crippen molar-refractivity contribution in [3.63, 3.8) is 0 Å². The Labute approximate surface area is 156 Å². The molecule has 5 heteroatoms. The quantitative estimate of drug-likeness (QED) is 0.878. The number of nitrogens with zero attached hydrogens (tertiary/aromatic N) is 2. The Kier molecular flexibility index (Phi) is 5.46. The second-order valence-corrected chi connectivity index (χ2v) is 7.88. The first kappa shape index (κ1) is 17.8. The number of carbonyl (C=O) groups excluding carboxylic acids is 1. The van der Waals surface area contributed by atoms with Gasteiger partial charge in [-0.05, 0) is 43.4 Å². The van der Waals surface area contributed by atoms with Gasteiger partial charge in [-0.3, -0.25) is 9.69 Å². The second kappa shape index (κ2) is 7.97. The third kappa shape index (κ3) is 3.89. The van der Waals surface area contributed by atoms with Crippen molar-refractivity contribution in [2.45, 2.75) is 57.7 Å².